The predicted octanol–water partition coefficient (Wildman–Crippen LogP) is -0.0392. The molecule has 0 saturated heterocycles. The highest BCUT2D eigenvalue weighted by Crippen LogP contribution is 1.93. The second-order valence-electron chi connectivity index (χ2n) is 3.15. The van der Waals surface area contributed by atoms with Crippen molar-refractivity contribution < 1.29 is 14.3 Å². The van der Waals surface area contributed by atoms with E-state index in [2.05, 4.69) is 10.1 Å². The van der Waals surface area contributed by atoms with Crippen molar-refractivity contribution in [3.05, 3.63) is 11.6 Å². The second kappa shape index (κ2) is 7.99. The Morgan fingerprint density at radius 2 is 2.13 bits per heavy atom. The Balaban J connectivity index is 3.52. The van der Waals surface area contributed by atoms with Crippen LogP contribution in [0.3, 0.4) is 0 Å². The zero-order valence-corrected chi connectivity index (χ0v) is 9.21. The number of esters is 1. The maximum Gasteiger partial charge on any atom is 0.333 e. The average molecular weight is 214 g/mol. The SMILES string of the molecule is COC(=O)C(C)=CCNCCCC(N)=O. The number of nitrogens with two attached hydrogens (primary N) is 1. The van der Waals surface area contributed by atoms with E-state index in [9.17, 15) is 9.59 Å². The molecule has 0 spiro atoms. The molecular weight excluding hydrogens is 196 g/mol. The lowest BCUT2D eigenvalue weighted by Gasteiger charge is -2.01. The highest BCUT2D eigenvalue weighted by Gasteiger charge is 2.00. The Morgan fingerprint density at radius 1 is 1.47 bits per heavy atom. The standard InChI is InChI=1S/C10H18N2O3/c1-8(10(14)15-2)5-7-12-6-3-4-9(11)13/h5,12H,3-4,6-7H2,1-2H3,(H2,11,13). The Hall–Kier alpha value is -1.36. The molecule has 0 rings (SSSR count). The third-order valence-corrected chi connectivity index (χ3v) is 1.84. The van der Waals surface area contributed by atoms with E-state index in [-0.39, 0.29) is 11.9 Å². The summed E-state index contributed by atoms with van der Waals surface area (Å²) in [5.41, 5.74) is 5.54. The summed E-state index contributed by atoms with van der Waals surface area (Å²) in [6.07, 6.45) is 2.84. The van der Waals surface area contributed by atoms with E-state index in [0.29, 0.717) is 31.5 Å². The van der Waals surface area contributed by atoms with Crippen LogP contribution in [0.2, 0.25) is 0 Å². The van der Waals surface area contributed by atoms with E-state index in [1.165, 1.54) is 7.11 Å². The van der Waals surface area contributed by atoms with Crippen LogP contribution in [0.1, 0.15) is 19.8 Å². The van der Waals surface area contributed by atoms with E-state index in [1.54, 1.807) is 13.0 Å². The third-order valence-electron chi connectivity index (χ3n) is 1.84. The van der Waals surface area contributed by atoms with E-state index in [4.69, 9.17) is 5.73 Å². The third kappa shape index (κ3) is 7.69. The molecule has 0 aromatic heterocycles. The highest BCUT2D eigenvalue weighted by molar-refractivity contribution is 5.87. The molecule has 1 amide bonds. The number of hydrogen-bond acceptors (Lipinski definition) is 4. The summed E-state index contributed by atoms with van der Waals surface area (Å²) in [6.45, 7) is 2.98. The van der Waals surface area contributed by atoms with Crippen molar-refractivity contribution in [1.82, 2.24) is 5.32 Å². The lowest BCUT2D eigenvalue weighted by Crippen LogP contribution is -2.19. The number of methoxy groups -OCH3 is 1. The molecule has 0 heterocycles. The fourth-order valence-corrected chi connectivity index (χ4v) is 0.959. The molecule has 0 aromatic rings. The van der Waals surface area contributed by atoms with Gasteiger partial charge in [0, 0.05) is 18.5 Å². The first-order chi connectivity index (χ1) is 7.07. The van der Waals surface area contributed by atoms with E-state index in [1.807, 2.05) is 0 Å². The topological polar surface area (TPSA) is 81.4 Å². The van der Waals surface area contributed by atoms with Crippen molar-refractivity contribution in [3.8, 4) is 0 Å². The predicted molar refractivity (Wildman–Crippen MR) is 57.1 cm³/mol. The molecule has 0 radical (unpaired) electrons. The Bertz CT molecular complexity index is 249. The quantitative estimate of drug-likeness (QED) is 0.354. The van der Waals surface area contributed by atoms with Crippen molar-refractivity contribution in [3.63, 3.8) is 0 Å². The lowest BCUT2D eigenvalue weighted by atomic mass is 10.2. The minimum atomic E-state index is -0.325. The number of carbonyl (C=O) groups excluding carboxylic acids is 2. The van der Waals surface area contributed by atoms with Gasteiger partial charge in [0.1, 0.15) is 0 Å². The van der Waals surface area contributed by atoms with Gasteiger partial charge in [-0.1, -0.05) is 6.08 Å². The van der Waals surface area contributed by atoms with Gasteiger partial charge in [-0.15, -0.1) is 0 Å². The molecule has 0 saturated carbocycles. The molecule has 0 unspecified atom stereocenters. The van der Waals surface area contributed by atoms with Gasteiger partial charge in [0.05, 0.1) is 7.11 Å². The van der Waals surface area contributed by atoms with Crippen molar-refractivity contribution in [2.75, 3.05) is 20.2 Å². The average Bonchev–Trinajstić information content (AvgIpc) is 2.21. The second-order valence-corrected chi connectivity index (χ2v) is 3.15. The molecular formula is C10H18N2O3. The monoisotopic (exact) mass is 214 g/mol. The number of rotatable bonds is 7. The molecule has 0 aromatic carbocycles. The summed E-state index contributed by atoms with van der Waals surface area (Å²) >= 11 is 0. The smallest absolute Gasteiger partial charge is 0.333 e. The van der Waals surface area contributed by atoms with Gasteiger partial charge < -0.3 is 15.8 Å². The number of ether oxygens (including phenoxy) is 1. The molecule has 0 aliphatic heterocycles. The first kappa shape index (κ1) is 13.6. The summed E-state index contributed by atoms with van der Waals surface area (Å²) in [5, 5.41) is 3.06. The molecule has 0 bridgehead atoms. The molecule has 5 nitrogen and oxygen atoms in total. The maximum atomic E-state index is 10.9. The van der Waals surface area contributed by atoms with Crippen LogP contribution >= 0.6 is 0 Å². The normalized spacial score (nSPS) is 11.2. The molecule has 86 valence electrons. The lowest BCUT2D eigenvalue weighted by molar-refractivity contribution is -0.136. The van der Waals surface area contributed by atoms with Crippen LogP contribution in [0, 0.1) is 0 Å². The van der Waals surface area contributed by atoms with Gasteiger partial charge in [-0.2, -0.15) is 0 Å². The molecule has 3 N–H and O–H groups in total. The summed E-state index contributed by atoms with van der Waals surface area (Å²) in [7, 11) is 1.35. The highest BCUT2D eigenvalue weighted by atomic mass is 16.5. The first-order valence-electron chi connectivity index (χ1n) is 4.82. The minimum Gasteiger partial charge on any atom is -0.466 e. The molecule has 0 atom stereocenters. The summed E-state index contributed by atoms with van der Waals surface area (Å²) in [4.78, 5) is 21.3. The van der Waals surface area contributed by atoms with Crippen molar-refractivity contribution >= 4 is 11.9 Å². The van der Waals surface area contributed by atoms with Gasteiger partial charge in [0.2, 0.25) is 5.91 Å². The van der Waals surface area contributed by atoms with E-state index >= 15 is 0 Å². The minimum absolute atomic E-state index is 0.293. The number of primary amides is 1. The Morgan fingerprint density at radius 3 is 2.67 bits per heavy atom. The van der Waals surface area contributed by atoms with Crippen LogP contribution in [0.4, 0.5) is 0 Å². The van der Waals surface area contributed by atoms with Gasteiger partial charge in [0.15, 0.2) is 0 Å². The van der Waals surface area contributed by atoms with Crippen LogP contribution in [0.15, 0.2) is 11.6 Å². The summed E-state index contributed by atoms with van der Waals surface area (Å²) < 4.78 is 4.53. The van der Waals surface area contributed by atoms with Crippen molar-refractivity contribution in [2.45, 2.75) is 19.8 Å². The molecule has 0 fully saturated rings. The van der Waals surface area contributed by atoms with Crippen molar-refractivity contribution in [2.24, 2.45) is 5.73 Å². The zero-order chi connectivity index (χ0) is 11.7. The molecule has 0 aliphatic carbocycles. The van der Waals surface area contributed by atoms with Crippen LogP contribution in [-0.4, -0.2) is 32.1 Å². The van der Waals surface area contributed by atoms with Crippen LogP contribution in [0.25, 0.3) is 0 Å². The molecule has 5 heteroatoms. The van der Waals surface area contributed by atoms with E-state index in [0.717, 1.165) is 0 Å². The molecule has 15 heavy (non-hydrogen) atoms. The largest absolute Gasteiger partial charge is 0.466 e. The zero-order valence-electron chi connectivity index (χ0n) is 9.21. The van der Waals surface area contributed by atoms with Crippen molar-refractivity contribution in [1.29, 1.82) is 0 Å². The first-order valence-corrected chi connectivity index (χ1v) is 4.82. The number of hydrogen-bond donors (Lipinski definition) is 2. The number of nitrogens with one attached hydrogen (secondary N) is 1. The molecule has 0 aliphatic rings. The maximum absolute atomic E-state index is 10.9. The Kier molecular flexibility index (Phi) is 7.27. The van der Waals surface area contributed by atoms with Crippen LogP contribution in [-0.2, 0) is 14.3 Å². The van der Waals surface area contributed by atoms with Gasteiger partial charge in [-0.25, -0.2) is 4.79 Å². The van der Waals surface area contributed by atoms with Gasteiger partial charge in [0.25, 0.3) is 0 Å². The van der Waals surface area contributed by atoms with Crippen LogP contribution in [0.5, 0.6) is 0 Å². The summed E-state index contributed by atoms with van der Waals surface area (Å²) in [6, 6.07) is 0. The fraction of sp³-hybridized carbons (Fsp3) is 0.600. The summed E-state index contributed by atoms with van der Waals surface area (Å²) in [5.74, 6) is -0.619. The van der Waals surface area contributed by atoms with E-state index < -0.39 is 0 Å². The van der Waals surface area contributed by atoms with Crippen LogP contribution < -0.4 is 11.1 Å². The number of carbonyl (C=O) groups is 2. The Labute approximate surface area is 89.7 Å². The number of amides is 1. The van der Waals surface area contributed by atoms with Gasteiger partial charge in [-0.3, -0.25) is 4.79 Å². The van der Waals surface area contributed by atoms with Gasteiger partial charge in [-0.05, 0) is 19.9 Å². The van der Waals surface area contributed by atoms with Gasteiger partial charge >= 0.3 is 5.97 Å². The fourth-order valence-electron chi connectivity index (χ4n) is 0.959.